The number of carbonyl (C=O) groups is 1. The van der Waals surface area contributed by atoms with Gasteiger partial charge in [0.25, 0.3) is 5.91 Å². The van der Waals surface area contributed by atoms with Gasteiger partial charge >= 0.3 is 0 Å². The summed E-state index contributed by atoms with van der Waals surface area (Å²) >= 11 is 3.53. The van der Waals surface area contributed by atoms with Crippen LogP contribution in [-0.4, -0.2) is 21.7 Å². The first-order valence-electron chi connectivity index (χ1n) is 9.13. The lowest BCUT2D eigenvalue weighted by molar-refractivity contribution is 0.0900. The molecule has 2 heterocycles. The minimum atomic E-state index is -0.105. The number of nitrogens with one attached hydrogen (secondary N) is 1. The molecule has 0 radical (unpaired) electrons. The summed E-state index contributed by atoms with van der Waals surface area (Å²) in [6.07, 6.45) is 8.40. The predicted molar refractivity (Wildman–Crippen MR) is 101 cm³/mol. The van der Waals surface area contributed by atoms with Gasteiger partial charge in [-0.1, -0.05) is 32.1 Å². The Balaban J connectivity index is 1.62. The van der Waals surface area contributed by atoms with Crippen LogP contribution in [0.25, 0.3) is 0 Å². The molecule has 5 nitrogen and oxygen atoms in total. The molecule has 0 bridgehead atoms. The molecule has 0 aliphatic heterocycles. The highest BCUT2D eigenvalue weighted by atomic mass is 79.9. The second kappa shape index (κ2) is 8.21. The SMILES string of the molecule is Cc1nn(Cc2ccc(C(=O)NC3CCCCCCC3)o2)c(C)c1Br. The molecule has 1 aliphatic carbocycles. The van der Waals surface area contributed by atoms with Gasteiger partial charge in [-0.05, 0) is 54.8 Å². The maximum Gasteiger partial charge on any atom is 0.287 e. The lowest BCUT2D eigenvalue weighted by Crippen LogP contribution is -2.35. The van der Waals surface area contributed by atoms with Gasteiger partial charge in [-0.15, -0.1) is 0 Å². The van der Waals surface area contributed by atoms with Crippen molar-refractivity contribution in [1.29, 1.82) is 0 Å². The molecule has 1 amide bonds. The molecule has 0 saturated heterocycles. The van der Waals surface area contributed by atoms with Crippen molar-refractivity contribution >= 4 is 21.8 Å². The maximum atomic E-state index is 12.5. The summed E-state index contributed by atoms with van der Waals surface area (Å²) in [5, 5.41) is 7.62. The van der Waals surface area contributed by atoms with Gasteiger partial charge in [0.1, 0.15) is 5.76 Å². The van der Waals surface area contributed by atoms with Gasteiger partial charge in [0, 0.05) is 6.04 Å². The summed E-state index contributed by atoms with van der Waals surface area (Å²) in [4.78, 5) is 12.5. The number of rotatable bonds is 4. The topological polar surface area (TPSA) is 60.1 Å². The molecule has 1 saturated carbocycles. The molecule has 25 heavy (non-hydrogen) atoms. The molecule has 1 fully saturated rings. The van der Waals surface area contributed by atoms with Crippen LogP contribution in [0.5, 0.6) is 0 Å². The molecule has 0 unspecified atom stereocenters. The molecule has 0 spiro atoms. The monoisotopic (exact) mass is 407 g/mol. The largest absolute Gasteiger partial charge is 0.454 e. The first-order valence-corrected chi connectivity index (χ1v) is 9.93. The fourth-order valence-corrected chi connectivity index (χ4v) is 3.70. The maximum absolute atomic E-state index is 12.5. The number of halogens is 1. The first-order chi connectivity index (χ1) is 12.0. The highest BCUT2D eigenvalue weighted by Gasteiger charge is 2.18. The van der Waals surface area contributed by atoms with Crippen LogP contribution in [0.1, 0.15) is 72.6 Å². The van der Waals surface area contributed by atoms with E-state index in [0.717, 1.165) is 34.5 Å². The minimum Gasteiger partial charge on any atom is -0.454 e. The van der Waals surface area contributed by atoms with E-state index in [-0.39, 0.29) is 11.9 Å². The number of furan rings is 1. The Labute approximate surface area is 157 Å². The van der Waals surface area contributed by atoms with Crippen molar-refractivity contribution in [1.82, 2.24) is 15.1 Å². The Morgan fingerprint density at radius 2 is 1.92 bits per heavy atom. The van der Waals surface area contributed by atoms with Crippen molar-refractivity contribution in [3.05, 3.63) is 39.5 Å². The Kier molecular flexibility index (Phi) is 5.99. The molecule has 2 aromatic rings. The number of nitrogens with zero attached hydrogens (tertiary/aromatic N) is 2. The predicted octanol–water partition coefficient (Wildman–Crippen LogP) is 4.75. The van der Waals surface area contributed by atoms with Gasteiger partial charge in [0.15, 0.2) is 5.76 Å². The van der Waals surface area contributed by atoms with Crippen LogP contribution in [-0.2, 0) is 6.54 Å². The van der Waals surface area contributed by atoms with E-state index in [9.17, 15) is 4.79 Å². The molecule has 1 N–H and O–H groups in total. The first kappa shape index (κ1) is 18.2. The molecule has 6 heteroatoms. The van der Waals surface area contributed by atoms with E-state index < -0.39 is 0 Å². The van der Waals surface area contributed by atoms with Crippen LogP contribution in [0.2, 0.25) is 0 Å². The summed E-state index contributed by atoms with van der Waals surface area (Å²) in [7, 11) is 0. The van der Waals surface area contributed by atoms with Crippen molar-refractivity contribution in [2.75, 3.05) is 0 Å². The van der Waals surface area contributed by atoms with Crippen molar-refractivity contribution in [2.24, 2.45) is 0 Å². The van der Waals surface area contributed by atoms with E-state index in [1.807, 2.05) is 24.6 Å². The summed E-state index contributed by atoms with van der Waals surface area (Å²) in [5.74, 6) is 1.02. The fraction of sp³-hybridized carbons (Fsp3) is 0.579. The number of aromatic nitrogens is 2. The molecule has 2 aromatic heterocycles. The Bertz CT molecular complexity index is 727. The lowest BCUT2D eigenvalue weighted by Gasteiger charge is -2.20. The molecule has 0 aromatic carbocycles. The zero-order valence-electron chi connectivity index (χ0n) is 15.0. The number of amides is 1. The average molecular weight is 408 g/mol. The third-order valence-corrected chi connectivity index (χ3v) is 6.07. The molecule has 3 rings (SSSR count). The standard InChI is InChI=1S/C19H26BrN3O2/c1-13-18(20)14(2)23(22-13)12-16-10-11-17(25-16)19(24)21-15-8-6-4-3-5-7-9-15/h10-11,15H,3-9,12H2,1-2H3,(H,21,24). The number of hydrogen-bond donors (Lipinski definition) is 1. The van der Waals surface area contributed by atoms with Gasteiger partial charge in [0.05, 0.1) is 22.4 Å². The second-order valence-corrected chi connectivity index (χ2v) is 7.72. The van der Waals surface area contributed by atoms with Gasteiger partial charge in [-0.2, -0.15) is 5.10 Å². The third-order valence-electron chi connectivity index (χ3n) is 4.92. The number of hydrogen-bond acceptors (Lipinski definition) is 3. The zero-order chi connectivity index (χ0) is 17.8. The van der Waals surface area contributed by atoms with Gasteiger partial charge in [0.2, 0.25) is 0 Å². The van der Waals surface area contributed by atoms with Gasteiger partial charge in [-0.25, -0.2) is 0 Å². The van der Waals surface area contributed by atoms with Crippen LogP contribution in [0.4, 0.5) is 0 Å². The summed E-state index contributed by atoms with van der Waals surface area (Å²) in [5.41, 5.74) is 2.00. The third kappa shape index (κ3) is 4.54. The van der Waals surface area contributed by atoms with Gasteiger partial charge < -0.3 is 9.73 Å². The minimum absolute atomic E-state index is 0.105. The van der Waals surface area contributed by atoms with E-state index >= 15 is 0 Å². The van der Waals surface area contributed by atoms with Crippen molar-refractivity contribution in [3.8, 4) is 0 Å². The summed E-state index contributed by atoms with van der Waals surface area (Å²) in [6, 6.07) is 3.89. The van der Waals surface area contributed by atoms with E-state index in [1.54, 1.807) is 6.07 Å². The quantitative estimate of drug-likeness (QED) is 0.795. The molecule has 136 valence electrons. The van der Waals surface area contributed by atoms with Crippen molar-refractivity contribution in [3.63, 3.8) is 0 Å². The highest BCUT2D eigenvalue weighted by molar-refractivity contribution is 9.10. The summed E-state index contributed by atoms with van der Waals surface area (Å²) < 4.78 is 8.66. The van der Waals surface area contributed by atoms with Crippen LogP contribution in [0.3, 0.4) is 0 Å². The van der Waals surface area contributed by atoms with Crippen LogP contribution in [0, 0.1) is 13.8 Å². The molecular formula is C19H26BrN3O2. The Hall–Kier alpha value is -1.56. The van der Waals surface area contributed by atoms with E-state index in [1.165, 1.54) is 32.1 Å². The van der Waals surface area contributed by atoms with Crippen LogP contribution < -0.4 is 5.32 Å². The van der Waals surface area contributed by atoms with Crippen molar-refractivity contribution < 1.29 is 9.21 Å². The smallest absolute Gasteiger partial charge is 0.287 e. The Morgan fingerprint density at radius 3 is 2.56 bits per heavy atom. The number of carbonyl (C=O) groups excluding carboxylic acids is 1. The van der Waals surface area contributed by atoms with Crippen LogP contribution in [0.15, 0.2) is 21.0 Å². The molecule has 1 aliphatic rings. The second-order valence-electron chi connectivity index (χ2n) is 6.92. The lowest BCUT2D eigenvalue weighted by atomic mass is 9.97. The van der Waals surface area contributed by atoms with E-state index in [2.05, 4.69) is 26.3 Å². The zero-order valence-corrected chi connectivity index (χ0v) is 16.6. The van der Waals surface area contributed by atoms with Gasteiger partial charge in [-0.3, -0.25) is 9.48 Å². The fourth-order valence-electron chi connectivity index (χ4n) is 3.42. The normalized spacial score (nSPS) is 16.4. The summed E-state index contributed by atoms with van der Waals surface area (Å²) in [6.45, 7) is 4.49. The average Bonchev–Trinajstić information content (AvgIpc) is 3.11. The highest BCUT2D eigenvalue weighted by Crippen LogP contribution is 2.21. The van der Waals surface area contributed by atoms with E-state index in [4.69, 9.17) is 4.42 Å². The Morgan fingerprint density at radius 1 is 1.24 bits per heavy atom. The van der Waals surface area contributed by atoms with Crippen molar-refractivity contribution in [2.45, 2.75) is 71.4 Å². The van der Waals surface area contributed by atoms with Crippen LogP contribution >= 0.6 is 15.9 Å². The number of aryl methyl sites for hydroxylation is 1. The van der Waals surface area contributed by atoms with E-state index in [0.29, 0.717) is 12.3 Å². The molecular weight excluding hydrogens is 382 g/mol. The molecule has 0 atom stereocenters.